The summed E-state index contributed by atoms with van der Waals surface area (Å²) in [6.45, 7) is 4.52. The number of hydrogen-bond acceptors (Lipinski definition) is 3. The van der Waals surface area contributed by atoms with Gasteiger partial charge in [0, 0.05) is 13.1 Å². The smallest absolute Gasteiger partial charge is 0.151 e. The summed E-state index contributed by atoms with van der Waals surface area (Å²) in [4.78, 5) is 0. The van der Waals surface area contributed by atoms with E-state index in [1.54, 1.807) is 0 Å². The molecule has 0 aliphatic carbocycles. The number of ether oxygens (including phenoxy) is 2. The fraction of sp³-hybridized carbons (Fsp3) is 0.333. The van der Waals surface area contributed by atoms with Crippen molar-refractivity contribution in [3.8, 4) is 5.75 Å². The standard InChI is InChI=1S/C18H21NO2/c1-14-7-9-16(10-8-14)21-18(15-5-3-2-4-6-15)17-13-19-11-12-20-17/h2-10,17-19H,11-13H2,1H3. The van der Waals surface area contributed by atoms with Crippen molar-refractivity contribution in [1.82, 2.24) is 5.32 Å². The zero-order valence-electron chi connectivity index (χ0n) is 12.3. The van der Waals surface area contributed by atoms with Gasteiger partial charge in [-0.15, -0.1) is 0 Å². The first-order valence-corrected chi connectivity index (χ1v) is 7.43. The number of hydrogen-bond donors (Lipinski definition) is 1. The van der Waals surface area contributed by atoms with Crippen LogP contribution in [0.2, 0.25) is 0 Å². The third kappa shape index (κ3) is 3.63. The molecular weight excluding hydrogens is 262 g/mol. The minimum absolute atomic E-state index is 0.0300. The highest BCUT2D eigenvalue weighted by Gasteiger charge is 2.27. The summed E-state index contributed by atoms with van der Waals surface area (Å²) in [5.41, 5.74) is 2.38. The topological polar surface area (TPSA) is 30.5 Å². The lowest BCUT2D eigenvalue weighted by atomic mass is 10.0. The molecule has 0 bridgehead atoms. The minimum Gasteiger partial charge on any atom is -0.483 e. The van der Waals surface area contributed by atoms with Gasteiger partial charge in [0.05, 0.1) is 6.61 Å². The SMILES string of the molecule is Cc1ccc(OC(c2ccccc2)C2CNCCO2)cc1. The lowest BCUT2D eigenvalue weighted by Crippen LogP contribution is -2.43. The monoisotopic (exact) mass is 283 g/mol. The van der Waals surface area contributed by atoms with Gasteiger partial charge in [-0.25, -0.2) is 0 Å². The van der Waals surface area contributed by atoms with Gasteiger partial charge in [-0.05, 0) is 24.6 Å². The van der Waals surface area contributed by atoms with Gasteiger partial charge in [0.25, 0.3) is 0 Å². The Morgan fingerprint density at radius 3 is 2.52 bits per heavy atom. The Labute approximate surface area is 125 Å². The second-order valence-electron chi connectivity index (χ2n) is 5.38. The van der Waals surface area contributed by atoms with Crippen LogP contribution in [-0.4, -0.2) is 25.8 Å². The van der Waals surface area contributed by atoms with Crippen molar-refractivity contribution in [3.63, 3.8) is 0 Å². The molecule has 1 N–H and O–H groups in total. The molecule has 21 heavy (non-hydrogen) atoms. The molecule has 1 aliphatic heterocycles. The predicted octanol–water partition coefficient (Wildman–Crippen LogP) is 3.10. The van der Waals surface area contributed by atoms with Crippen LogP contribution >= 0.6 is 0 Å². The van der Waals surface area contributed by atoms with E-state index in [0.29, 0.717) is 0 Å². The Morgan fingerprint density at radius 2 is 1.86 bits per heavy atom. The van der Waals surface area contributed by atoms with E-state index in [2.05, 4.69) is 36.5 Å². The van der Waals surface area contributed by atoms with Crippen molar-refractivity contribution < 1.29 is 9.47 Å². The van der Waals surface area contributed by atoms with Crippen LogP contribution in [0.15, 0.2) is 54.6 Å². The lowest BCUT2D eigenvalue weighted by Gasteiger charge is -2.31. The van der Waals surface area contributed by atoms with Crippen molar-refractivity contribution >= 4 is 0 Å². The average molecular weight is 283 g/mol. The first-order chi connectivity index (χ1) is 10.3. The number of benzene rings is 2. The molecule has 2 aromatic rings. The molecule has 1 fully saturated rings. The Hall–Kier alpha value is -1.84. The molecule has 0 spiro atoms. The van der Waals surface area contributed by atoms with Gasteiger partial charge in [-0.3, -0.25) is 0 Å². The molecule has 2 unspecified atom stereocenters. The fourth-order valence-corrected chi connectivity index (χ4v) is 2.54. The fourth-order valence-electron chi connectivity index (χ4n) is 2.54. The molecule has 1 aliphatic rings. The first-order valence-electron chi connectivity index (χ1n) is 7.43. The summed E-state index contributed by atoms with van der Waals surface area (Å²) >= 11 is 0. The maximum absolute atomic E-state index is 6.23. The summed E-state index contributed by atoms with van der Waals surface area (Å²) in [6, 6.07) is 18.5. The molecular formula is C18H21NO2. The molecule has 1 saturated heterocycles. The van der Waals surface area contributed by atoms with Gasteiger partial charge in [0.15, 0.2) is 6.10 Å². The molecule has 0 radical (unpaired) electrons. The van der Waals surface area contributed by atoms with E-state index in [-0.39, 0.29) is 12.2 Å². The van der Waals surface area contributed by atoms with E-state index in [4.69, 9.17) is 9.47 Å². The van der Waals surface area contributed by atoms with Gasteiger partial charge in [0.2, 0.25) is 0 Å². The predicted molar refractivity (Wildman–Crippen MR) is 83.6 cm³/mol. The Morgan fingerprint density at radius 1 is 1.10 bits per heavy atom. The summed E-state index contributed by atoms with van der Waals surface area (Å²) in [7, 11) is 0. The molecule has 0 aromatic heterocycles. The largest absolute Gasteiger partial charge is 0.483 e. The van der Waals surface area contributed by atoms with E-state index < -0.39 is 0 Å². The molecule has 2 atom stereocenters. The van der Waals surface area contributed by atoms with E-state index in [1.165, 1.54) is 5.56 Å². The van der Waals surface area contributed by atoms with Crippen molar-refractivity contribution in [2.45, 2.75) is 19.1 Å². The maximum atomic E-state index is 6.23. The highest BCUT2D eigenvalue weighted by Crippen LogP contribution is 2.27. The molecule has 3 heteroatoms. The van der Waals surface area contributed by atoms with Crippen molar-refractivity contribution in [2.75, 3.05) is 19.7 Å². The molecule has 1 heterocycles. The Balaban J connectivity index is 1.83. The third-order valence-electron chi connectivity index (χ3n) is 3.71. The lowest BCUT2D eigenvalue weighted by molar-refractivity contribution is -0.0432. The number of morpholine rings is 1. The number of nitrogens with one attached hydrogen (secondary N) is 1. The Bertz CT molecular complexity index is 547. The van der Waals surface area contributed by atoms with E-state index >= 15 is 0 Å². The highest BCUT2D eigenvalue weighted by atomic mass is 16.5. The van der Waals surface area contributed by atoms with Crippen LogP contribution in [0.3, 0.4) is 0 Å². The normalized spacial score (nSPS) is 20.0. The van der Waals surface area contributed by atoms with Crippen LogP contribution in [0.25, 0.3) is 0 Å². The van der Waals surface area contributed by atoms with Crippen LogP contribution in [0.4, 0.5) is 0 Å². The molecule has 3 rings (SSSR count). The average Bonchev–Trinajstić information content (AvgIpc) is 2.56. The highest BCUT2D eigenvalue weighted by molar-refractivity contribution is 5.28. The second kappa shape index (κ2) is 6.74. The zero-order valence-corrected chi connectivity index (χ0v) is 12.3. The van der Waals surface area contributed by atoms with Crippen LogP contribution in [0.1, 0.15) is 17.2 Å². The summed E-state index contributed by atoms with van der Waals surface area (Å²) in [5.74, 6) is 0.878. The quantitative estimate of drug-likeness (QED) is 0.935. The van der Waals surface area contributed by atoms with Gasteiger partial charge < -0.3 is 14.8 Å². The van der Waals surface area contributed by atoms with Gasteiger partial charge in [-0.1, -0.05) is 48.0 Å². The third-order valence-corrected chi connectivity index (χ3v) is 3.71. The van der Waals surface area contributed by atoms with Crippen molar-refractivity contribution in [1.29, 1.82) is 0 Å². The summed E-state index contributed by atoms with van der Waals surface area (Å²) < 4.78 is 12.1. The van der Waals surface area contributed by atoms with Crippen molar-refractivity contribution in [3.05, 3.63) is 65.7 Å². The molecule has 2 aromatic carbocycles. The molecule has 0 amide bonds. The maximum Gasteiger partial charge on any atom is 0.151 e. The van der Waals surface area contributed by atoms with E-state index in [0.717, 1.165) is 31.0 Å². The van der Waals surface area contributed by atoms with Crippen LogP contribution < -0.4 is 10.1 Å². The summed E-state index contributed by atoms with van der Waals surface area (Å²) in [5, 5.41) is 3.37. The van der Waals surface area contributed by atoms with Gasteiger partial charge in [0.1, 0.15) is 11.9 Å². The number of aryl methyl sites for hydroxylation is 1. The first kappa shape index (κ1) is 14.1. The molecule has 0 saturated carbocycles. The van der Waals surface area contributed by atoms with Crippen LogP contribution in [0, 0.1) is 6.92 Å². The number of rotatable bonds is 4. The van der Waals surface area contributed by atoms with Gasteiger partial charge >= 0.3 is 0 Å². The van der Waals surface area contributed by atoms with E-state index in [1.807, 2.05) is 30.3 Å². The van der Waals surface area contributed by atoms with Gasteiger partial charge in [-0.2, -0.15) is 0 Å². The second-order valence-corrected chi connectivity index (χ2v) is 5.38. The molecule has 3 nitrogen and oxygen atoms in total. The van der Waals surface area contributed by atoms with Crippen LogP contribution in [0.5, 0.6) is 5.75 Å². The zero-order chi connectivity index (χ0) is 14.5. The molecule has 110 valence electrons. The Kier molecular flexibility index (Phi) is 4.53. The summed E-state index contributed by atoms with van der Waals surface area (Å²) in [6.07, 6.45) is -0.0656. The minimum atomic E-state index is -0.0956. The van der Waals surface area contributed by atoms with Crippen molar-refractivity contribution in [2.24, 2.45) is 0 Å². The van der Waals surface area contributed by atoms with Crippen LogP contribution in [-0.2, 0) is 4.74 Å². The van der Waals surface area contributed by atoms with E-state index in [9.17, 15) is 0 Å².